The number of oxime groups is 1. The van der Waals surface area contributed by atoms with E-state index in [0.717, 1.165) is 18.4 Å². The maximum atomic E-state index is 12.2. The van der Waals surface area contributed by atoms with Gasteiger partial charge in [0.05, 0.1) is 6.21 Å². The quantitative estimate of drug-likeness (QED) is 0.407. The number of hydrogen-bond donors (Lipinski definition) is 1. The van der Waals surface area contributed by atoms with E-state index in [2.05, 4.69) is 22.6 Å². The largest absolute Gasteiger partial charge is 0.383 e. The highest BCUT2D eigenvalue weighted by molar-refractivity contribution is 7.98. The fourth-order valence-corrected chi connectivity index (χ4v) is 2.79. The Kier molecular flexibility index (Phi) is 8.22. The van der Waals surface area contributed by atoms with Crippen LogP contribution in [0.4, 0.5) is 0 Å². The van der Waals surface area contributed by atoms with Crippen molar-refractivity contribution in [2.45, 2.75) is 43.7 Å². The summed E-state index contributed by atoms with van der Waals surface area (Å²) in [6.07, 6.45) is 4.84. The van der Waals surface area contributed by atoms with Crippen LogP contribution < -0.4 is 5.32 Å². The third kappa shape index (κ3) is 6.92. The number of benzene rings is 2. The molecule has 138 valence electrons. The minimum atomic E-state index is -0.629. The summed E-state index contributed by atoms with van der Waals surface area (Å²) in [4.78, 5) is 18.7. The summed E-state index contributed by atoms with van der Waals surface area (Å²) < 4.78 is 0. The number of thioether (sulfide) groups is 1. The highest BCUT2D eigenvalue weighted by atomic mass is 32.2. The van der Waals surface area contributed by atoms with E-state index in [1.165, 1.54) is 10.5 Å². The Morgan fingerprint density at radius 3 is 2.50 bits per heavy atom. The van der Waals surface area contributed by atoms with E-state index in [9.17, 15) is 4.79 Å². The zero-order chi connectivity index (χ0) is 18.8. The Morgan fingerprint density at radius 2 is 1.85 bits per heavy atom. The zero-order valence-electron chi connectivity index (χ0n) is 15.5. The third-order valence-electron chi connectivity index (χ3n) is 4.00. The van der Waals surface area contributed by atoms with Gasteiger partial charge in [0.25, 0.3) is 5.91 Å². The lowest BCUT2D eigenvalue weighted by molar-refractivity contribution is -0.132. The van der Waals surface area contributed by atoms with Crippen LogP contribution in [-0.4, -0.2) is 30.5 Å². The molecule has 0 bridgehead atoms. The molecule has 2 atom stereocenters. The van der Waals surface area contributed by atoms with Crippen LogP contribution in [0.2, 0.25) is 0 Å². The first-order valence-corrected chi connectivity index (χ1v) is 9.98. The van der Waals surface area contributed by atoms with Crippen molar-refractivity contribution in [2.75, 3.05) is 6.26 Å². The summed E-state index contributed by atoms with van der Waals surface area (Å²) in [6, 6.07) is 18.3. The Labute approximate surface area is 160 Å². The minimum Gasteiger partial charge on any atom is -0.383 e. The molecule has 0 aliphatic carbocycles. The van der Waals surface area contributed by atoms with Crippen molar-refractivity contribution in [2.24, 2.45) is 5.16 Å². The van der Waals surface area contributed by atoms with Crippen molar-refractivity contribution >= 4 is 23.9 Å². The zero-order valence-corrected chi connectivity index (χ0v) is 16.3. The van der Waals surface area contributed by atoms with Crippen LogP contribution >= 0.6 is 11.8 Å². The van der Waals surface area contributed by atoms with Crippen molar-refractivity contribution < 1.29 is 9.63 Å². The molecule has 1 N–H and O–H groups in total. The number of hydrogen-bond acceptors (Lipinski definition) is 4. The van der Waals surface area contributed by atoms with Gasteiger partial charge in [0.15, 0.2) is 0 Å². The summed E-state index contributed by atoms with van der Waals surface area (Å²) in [5.74, 6) is -0.152. The number of nitrogens with one attached hydrogen (secondary N) is 1. The maximum Gasteiger partial charge on any atom is 0.263 e. The first kappa shape index (κ1) is 20.0. The van der Waals surface area contributed by atoms with Crippen LogP contribution in [0.25, 0.3) is 0 Å². The topological polar surface area (TPSA) is 50.7 Å². The lowest BCUT2D eigenvalue weighted by atomic mass is 10.1. The molecule has 0 aromatic heterocycles. The van der Waals surface area contributed by atoms with Gasteiger partial charge in [0, 0.05) is 10.9 Å². The third-order valence-corrected chi connectivity index (χ3v) is 4.75. The summed E-state index contributed by atoms with van der Waals surface area (Å²) in [5, 5.41) is 6.90. The van der Waals surface area contributed by atoms with E-state index in [1.54, 1.807) is 24.9 Å². The summed E-state index contributed by atoms with van der Waals surface area (Å²) in [7, 11) is 0. The van der Waals surface area contributed by atoms with E-state index >= 15 is 0 Å². The number of nitrogens with zero attached hydrogens (tertiary/aromatic N) is 1. The average Bonchev–Trinajstić information content (AvgIpc) is 2.67. The predicted molar refractivity (Wildman–Crippen MR) is 109 cm³/mol. The van der Waals surface area contributed by atoms with E-state index in [4.69, 9.17) is 4.84 Å². The van der Waals surface area contributed by atoms with Gasteiger partial charge in [0.1, 0.15) is 0 Å². The van der Waals surface area contributed by atoms with Crippen molar-refractivity contribution in [3.63, 3.8) is 0 Å². The highest BCUT2D eigenvalue weighted by Gasteiger charge is 2.16. The minimum absolute atomic E-state index is 0.0804. The van der Waals surface area contributed by atoms with Gasteiger partial charge in [-0.15, -0.1) is 11.8 Å². The Bertz CT molecular complexity index is 702. The molecule has 0 aliphatic heterocycles. The number of carbonyl (C=O) groups excluding carboxylic acids is 1. The fourth-order valence-electron chi connectivity index (χ4n) is 2.38. The molecule has 4 nitrogen and oxygen atoms in total. The molecule has 0 fully saturated rings. The predicted octanol–water partition coefficient (Wildman–Crippen LogP) is 4.29. The standard InChI is InChI=1S/C21H26N2O2S/c1-16(9-10-18-7-5-4-6-8-18)23-21(24)17(2)25-22-15-19-11-13-20(26-3)14-12-19/h4-8,11-17H,9-10H2,1-3H3,(H,23,24)/b22-15+. The van der Waals surface area contributed by atoms with E-state index in [0.29, 0.717) is 0 Å². The van der Waals surface area contributed by atoms with Gasteiger partial charge in [-0.3, -0.25) is 4.79 Å². The molecule has 0 aliphatic rings. The SMILES string of the molecule is CSc1ccc(/C=N/OC(C)C(=O)NC(C)CCc2ccccc2)cc1. The van der Waals surface area contributed by atoms with Gasteiger partial charge < -0.3 is 10.2 Å². The van der Waals surface area contributed by atoms with Gasteiger partial charge in [0.2, 0.25) is 6.10 Å². The van der Waals surface area contributed by atoms with Gasteiger partial charge in [-0.05, 0) is 56.2 Å². The number of carbonyl (C=O) groups is 1. The molecular weight excluding hydrogens is 344 g/mol. The van der Waals surface area contributed by atoms with Crippen LogP contribution in [0.5, 0.6) is 0 Å². The Morgan fingerprint density at radius 1 is 1.15 bits per heavy atom. The summed E-state index contributed by atoms with van der Waals surface area (Å²) in [5.41, 5.74) is 2.21. The fraction of sp³-hybridized carbons (Fsp3) is 0.333. The number of aryl methyl sites for hydroxylation is 1. The molecule has 2 aromatic rings. The van der Waals surface area contributed by atoms with Crippen molar-refractivity contribution in [1.29, 1.82) is 0 Å². The van der Waals surface area contributed by atoms with Gasteiger partial charge in [-0.1, -0.05) is 47.6 Å². The second-order valence-corrected chi connectivity index (χ2v) is 7.07. The lowest BCUT2D eigenvalue weighted by Gasteiger charge is -2.16. The number of rotatable bonds is 9. The second kappa shape index (κ2) is 10.7. The number of amides is 1. The molecule has 0 saturated heterocycles. The van der Waals surface area contributed by atoms with E-state index in [1.807, 2.05) is 55.6 Å². The van der Waals surface area contributed by atoms with Gasteiger partial charge in [-0.2, -0.15) is 0 Å². The van der Waals surface area contributed by atoms with Crippen molar-refractivity contribution in [3.05, 3.63) is 65.7 Å². The normalized spacial score (nSPS) is 13.3. The first-order valence-electron chi connectivity index (χ1n) is 8.76. The molecular formula is C21H26N2O2S. The molecule has 2 unspecified atom stereocenters. The smallest absolute Gasteiger partial charge is 0.263 e. The van der Waals surface area contributed by atoms with E-state index < -0.39 is 6.10 Å². The van der Waals surface area contributed by atoms with Crippen LogP contribution in [-0.2, 0) is 16.1 Å². The molecule has 0 heterocycles. The summed E-state index contributed by atoms with van der Waals surface area (Å²) >= 11 is 1.69. The summed E-state index contributed by atoms with van der Waals surface area (Å²) in [6.45, 7) is 3.71. The van der Waals surface area contributed by atoms with Crippen molar-refractivity contribution in [1.82, 2.24) is 5.32 Å². The van der Waals surface area contributed by atoms with E-state index in [-0.39, 0.29) is 11.9 Å². The Balaban J connectivity index is 1.72. The van der Waals surface area contributed by atoms with Crippen molar-refractivity contribution in [3.8, 4) is 0 Å². The van der Waals surface area contributed by atoms with Crippen LogP contribution in [0.1, 0.15) is 31.4 Å². The maximum absolute atomic E-state index is 12.2. The van der Waals surface area contributed by atoms with Crippen LogP contribution in [0, 0.1) is 0 Å². The molecule has 0 radical (unpaired) electrons. The molecule has 1 amide bonds. The monoisotopic (exact) mass is 370 g/mol. The molecule has 5 heteroatoms. The second-order valence-electron chi connectivity index (χ2n) is 6.19. The molecule has 26 heavy (non-hydrogen) atoms. The van der Waals surface area contributed by atoms with Gasteiger partial charge in [-0.25, -0.2) is 0 Å². The highest BCUT2D eigenvalue weighted by Crippen LogP contribution is 2.14. The molecule has 0 saturated carbocycles. The molecule has 0 spiro atoms. The van der Waals surface area contributed by atoms with Gasteiger partial charge >= 0.3 is 0 Å². The Hall–Kier alpha value is -2.27. The van der Waals surface area contributed by atoms with Crippen LogP contribution in [0.3, 0.4) is 0 Å². The lowest BCUT2D eigenvalue weighted by Crippen LogP contribution is -2.39. The van der Waals surface area contributed by atoms with Crippen LogP contribution in [0.15, 0.2) is 64.6 Å². The average molecular weight is 371 g/mol. The first-order chi connectivity index (χ1) is 12.6. The molecule has 2 aromatic carbocycles. The molecule has 2 rings (SSSR count).